The molecule has 1 aromatic rings. The van der Waals surface area contributed by atoms with E-state index in [-0.39, 0.29) is 0 Å². The summed E-state index contributed by atoms with van der Waals surface area (Å²) in [5.74, 6) is -1.47. The Hall–Kier alpha value is -1.58. The minimum Gasteiger partial charge on any atom is -0.329 e. The van der Waals surface area contributed by atoms with Gasteiger partial charge in [0, 0.05) is 19.3 Å². The average molecular weight is 153 g/mol. The smallest absolute Gasteiger partial charge is 0.329 e. The Labute approximate surface area is 63.3 Å². The first-order chi connectivity index (χ1) is 5.20. The summed E-state index contributed by atoms with van der Waals surface area (Å²) in [7, 11) is 0. The SMILES string of the molecule is CC(=O)C(=O)On1cccc1. The number of carbonyl (C=O) groups excluding carboxylic acids is 2. The number of aromatic nitrogens is 1. The van der Waals surface area contributed by atoms with E-state index in [9.17, 15) is 9.59 Å². The van der Waals surface area contributed by atoms with Gasteiger partial charge in [0.15, 0.2) is 0 Å². The number of hydrogen-bond donors (Lipinski definition) is 0. The molecule has 0 saturated carbocycles. The van der Waals surface area contributed by atoms with Crippen LogP contribution in [0.15, 0.2) is 24.5 Å². The molecule has 0 aliphatic carbocycles. The van der Waals surface area contributed by atoms with Crippen LogP contribution in [-0.4, -0.2) is 16.5 Å². The fourth-order valence-corrected chi connectivity index (χ4v) is 0.540. The van der Waals surface area contributed by atoms with E-state index in [4.69, 9.17) is 0 Å². The molecule has 0 radical (unpaired) electrons. The van der Waals surface area contributed by atoms with Crippen molar-refractivity contribution in [3.63, 3.8) is 0 Å². The molecule has 0 bridgehead atoms. The molecule has 0 saturated heterocycles. The number of carbonyl (C=O) groups is 2. The van der Waals surface area contributed by atoms with E-state index in [0.717, 1.165) is 6.92 Å². The van der Waals surface area contributed by atoms with Gasteiger partial charge in [-0.3, -0.25) is 4.79 Å². The zero-order valence-corrected chi connectivity index (χ0v) is 5.98. The van der Waals surface area contributed by atoms with E-state index in [1.807, 2.05) is 0 Å². The van der Waals surface area contributed by atoms with Gasteiger partial charge in [-0.2, -0.15) is 4.73 Å². The van der Waals surface area contributed by atoms with Crippen molar-refractivity contribution >= 4 is 11.8 Å². The molecule has 4 heteroatoms. The number of nitrogens with zero attached hydrogens (tertiary/aromatic N) is 1. The van der Waals surface area contributed by atoms with Gasteiger partial charge in [0.05, 0.1) is 0 Å². The zero-order valence-electron chi connectivity index (χ0n) is 5.98. The van der Waals surface area contributed by atoms with Crippen molar-refractivity contribution in [1.82, 2.24) is 4.73 Å². The second-order valence-corrected chi connectivity index (χ2v) is 1.98. The normalized spacial score (nSPS) is 9.18. The van der Waals surface area contributed by atoms with Gasteiger partial charge in [-0.1, -0.05) is 0 Å². The van der Waals surface area contributed by atoms with Crippen LogP contribution in [0, 0.1) is 0 Å². The molecule has 0 aliphatic heterocycles. The van der Waals surface area contributed by atoms with Crippen LogP contribution in [0.4, 0.5) is 0 Å². The maximum absolute atomic E-state index is 10.6. The lowest BCUT2D eigenvalue weighted by Crippen LogP contribution is -2.24. The van der Waals surface area contributed by atoms with Gasteiger partial charge in [-0.15, -0.1) is 0 Å². The summed E-state index contributed by atoms with van der Waals surface area (Å²) >= 11 is 0. The number of hydrogen-bond acceptors (Lipinski definition) is 3. The maximum atomic E-state index is 10.6. The van der Waals surface area contributed by atoms with Gasteiger partial charge in [0.1, 0.15) is 0 Å². The Balaban J connectivity index is 2.57. The van der Waals surface area contributed by atoms with Crippen LogP contribution in [0.3, 0.4) is 0 Å². The molecular weight excluding hydrogens is 146 g/mol. The van der Waals surface area contributed by atoms with Gasteiger partial charge in [0.25, 0.3) is 0 Å². The highest BCUT2D eigenvalue weighted by Gasteiger charge is 2.08. The minimum absolute atomic E-state index is 0.612. The van der Waals surface area contributed by atoms with Crippen molar-refractivity contribution < 1.29 is 14.4 Å². The predicted octanol–water partition coefficient (Wildman–Crippen LogP) is 0.0323. The molecule has 0 unspecified atom stereocenters. The molecule has 11 heavy (non-hydrogen) atoms. The number of rotatable bonds is 2. The Morgan fingerprint density at radius 3 is 2.27 bits per heavy atom. The second-order valence-electron chi connectivity index (χ2n) is 1.98. The Kier molecular flexibility index (Phi) is 2.06. The van der Waals surface area contributed by atoms with Crippen LogP contribution in [0.5, 0.6) is 0 Å². The third-order valence-electron chi connectivity index (χ3n) is 1.05. The topological polar surface area (TPSA) is 48.3 Å². The molecule has 0 fully saturated rings. The molecule has 0 N–H and O–H groups in total. The highest BCUT2D eigenvalue weighted by Crippen LogP contribution is 1.85. The summed E-state index contributed by atoms with van der Waals surface area (Å²) in [6.07, 6.45) is 3.06. The Morgan fingerprint density at radius 1 is 1.27 bits per heavy atom. The van der Waals surface area contributed by atoms with Crippen molar-refractivity contribution in [2.75, 3.05) is 0 Å². The van der Waals surface area contributed by atoms with E-state index in [2.05, 4.69) is 4.84 Å². The Bertz CT molecular complexity index is 263. The van der Waals surface area contributed by atoms with Gasteiger partial charge in [0.2, 0.25) is 5.78 Å². The number of Topliss-reactive ketones (excluding diaryl/α,β-unsaturated/α-hetero) is 1. The first-order valence-corrected chi connectivity index (χ1v) is 3.06. The summed E-state index contributed by atoms with van der Waals surface area (Å²) in [6, 6.07) is 3.38. The third kappa shape index (κ3) is 1.93. The molecule has 0 atom stereocenters. The second kappa shape index (κ2) is 3.01. The van der Waals surface area contributed by atoms with Crippen molar-refractivity contribution in [1.29, 1.82) is 0 Å². The van der Waals surface area contributed by atoms with Crippen LogP contribution in [0.25, 0.3) is 0 Å². The first-order valence-electron chi connectivity index (χ1n) is 3.06. The van der Waals surface area contributed by atoms with Crippen molar-refractivity contribution in [3.8, 4) is 0 Å². The zero-order chi connectivity index (χ0) is 8.27. The summed E-state index contributed by atoms with van der Waals surface area (Å²) in [4.78, 5) is 25.5. The molecule has 1 rings (SSSR count). The van der Waals surface area contributed by atoms with Crippen molar-refractivity contribution in [2.24, 2.45) is 0 Å². The van der Waals surface area contributed by atoms with Gasteiger partial charge in [-0.25, -0.2) is 4.79 Å². The first kappa shape index (κ1) is 7.53. The molecule has 0 spiro atoms. The summed E-state index contributed by atoms with van der Waals surface area (Å²) in [5, 5.41) is 0. The molecule has 0 aliphatic rings. The quantitative estimate of drug-likeness (QED) is 0.563. The van der Waals surface area contributed by atoms with Crippen LogP contribution >= 0.6 is 0 Å². The average Bonchev–Trinajstić information content (AvgIpc) is 2.39. The lowest BCUT2D eigenvalue weighted by atomic mass is 10.5. The van der Waals surface area contributed by atoms with Gasteiger partial charge >= 0.3 is 5.97 Å². The largest absolute Gasteiger partial charge is 0.398 e. The highest BCUT2D eigenvalue weighted by molar-refractivity contribution is 6.32. The van der Waals surface area contributed by atoms with Gasteiger partial charge in [-0.05, 0) is 12.1 Å². The fraction of sp³-hybridized carbons (Fsp3) is 0.143. The van der Waals surface area contributed by atoms with E-state index in [0.29, 0.717) is 0 Å². The summed E-state index contributed by atoms with van der Waals surface area (Å²) in [5.41, 5.74) is 0. The van der Waals surface area contributed by atoms with E-state index < -0.39 is 11.8 Å². The fourth-order valence-electron chi connectivity index (χ4n) is 0.540. The third-order valence-corrected chi connectivity index (χ3v) is 1.05. The van der Waals surface area contributed by atoms with Crippen molar-refractivity contribution in [2.45, 2.75) is 6.92 Å². The molecule has 4 nitrogen and oxygen atoms in total. The predicted molar refractivity (Wildman–Crippen MR) is 36.7 cm³/mol. The molecular formula is C7H7NO3. The molecule has 58 valence electrons. The highest BCUT2D eigenvalue weighted by atomic mass is 16.7. The number of ketones is 1. The standard InChI is InChI=1S/C7H7NO3/c1-6(9)7(10)11-8-4-2-3-5-8/h2-5H,1H3. The lowest BCUT2D eigenvalue weighted by Gasteiger charge is -1.99. The summed E-state index contributed by atoms with van der Waals surface area (Å²) < 4.78 is 1.17. The monoisotopic (exact) mass is 153 g/mol. The van der Waals surface area contributed by atoms with E-state index >= 15 is 0 Å². The van der Waals surface area contributed by atoms with Crippen LogP contribution < -0.4 is 4.84 Å². The van der Waals surface area contributed by atoms with Gasteiger partial charge < -0.3 is 4.84 Å². The van der Waals surface area contributed by atoms with Crippen molar-refractivity contribution in [3.05, 3.63) is 24.5 Å². The molecule has 1 aromatic heterocycles. The molecule has 0 aromatic carbocycles. The van der Waals surface area contributed by atoms with Crippen LogP contribution in [0.2, 0.25) is 0 Å². The minimum atomic E-state index is -0.860. The molecule has 1 heterocycles. The Morgan fingerprint density at radius 2 is 1.82 bits per heavy atom. The summed E-state index contributed by atoms with van der Waals surface area (Å²) in [6.45, 7) is 1.16. The maximum Gasteiger partial charge on any atom is 0.398 e. The van der Waals surface area contributed by atoms with Crippen LogP contribution in [-0.2, 0) is 9.59 Å². The van der Waals surface area contributed by atoms with E-state index in [1.54, 1.807) is 12.1 Å². The van der Waals surface area contributed by atoms with Crippen LogP contribution in [0.1, 0.15) is 6.92 Å². The molecule has 0 amide bonds. The lowest BCUT2D eigenvalue weighted by molar-refractivity contribution is -0.153. The van der Waals surface area contributed by atoms with E-state index in [1.165, 1.54) is 17.1 Å².